The van der Waals surface area contributed by atoms with Crippen LogP contribution < -0.4 is 10.6 Å². The molecule has 0 saturated heterocycles. The Morgan fingerprint density at radius 3 is 2.61 bits per heavy atom. The van der Waals surface area contributed by atoms with E-state index in [1.807, 2.05) is 0 Å². The maximum Gasteiger partial charge on any atom is 0.191 e. The Morgan fingerprint density at radius 2 is 2.11 bits per heavy atom. The van der Waals surface area contributed by atoms with Gasteiger partial charge >= 0.3 is 0 Å². The minimum Gasteiger partial charge on any atom is -0.357 e. The average Bonchev–Trinajstić information content (AvgIpc) is 2.78. The van der Waals surface area contributed by atoms with Crippen LogP contribution in [0.5, 0.6) is 0 Å². The van der Waals surface area contributed by atoms with Crippen molar-refractivity contribution in [3.8, 4) is 0 Å². The molecule has 0 fully saturated rings. The lowest BCUT2D eigenvalue weighted by molar-refractivity contribution is 0.690. The Kier molecular flexibility index (Phi) is 9.45. The smallest absolute Gasteiger partial charge is 0.191 e. The summed E-state index contributed by atoms with van der Waals surface area (Å²) in [4.78, 5) is 4.61. The van der Waals surface area contributed by atoms with Gasteiger partial charge in [0, 0.05) is 25.0 Å². The number of hydrogen-bond donors (Lipinski definition) is 2. The van der Waals surface area contributed by atoms with Gasteiger partial charge in [-0.15, -0.1) is 24.0 Å². The van der Waals surface area contributed by atoms with Gasteiger partial charge in [0.2, 0.25) is 0 Å². The quantitative estimate of drug-likeness (QED) is 0.466. The van der Waals surface area contributed by atoms with Gasteiger partial charge in [0.05, 0.1) is 0 Å². The van der Waals surface area contributed by atoms with E-state index in [1.165, 1.54) is 5.56 Å². The maximum atomic E-state index is 4.61. The molecule has 18 heavy (non-hydrogen) atoms. The predicted octanol–water partition coefficient (Wildman–Crippen LogP) is 3.43. The van der Waals surface area contributed by atoms with Gasteiger partial charge in [0.1, 0.15) is 0 Å². The summed E-state index contributed by atoms with van der Waals surface area (Å²) in [7, 11) is 0. The standard InChI is InChI=1S/C13H23N3S.HI/c1-5-14-13(16-10(2)3)15-8-11(4)12-6-7-17-9-12;/h6-7,9-11H,5,8H2,1-4H3,(H2,14,15,16);1H. The predicted molar refractivity (Wildman–Crippen MR) is 92.4 cm³/mol. The number of halogens is 1. The van der Waals surface area contributed by atoms with Crippen LogP contribution >= 0.6 is 35.3 Å². The minimum atomic E-state index is 0. The number of rotatable bonds is 5. The molecule has 1 unspecified atom stereocenters. The van der Waals surface area contributed by atoms with Gasteiger partial charge in [-0.1, -0.05) is 6.92 Å². The van der Waals surface area contributed by atoms with Crippen LogP contribution in [0.4, 0.5) is 0 Å². The Morgan fingerprint density at radius 1 is 1.39 bits per heavy atom. The molecular weight excluding hydrogens is 357 g/mol. The molecule has 1 atom stereocenters. The first kappa shape index (κ1) is 17.7. The van der Waals surface area contributed by atoms with Gasteiger partial charge in [-0.05, 0) is 43.2 Å². The number of aliphatic imine (C=N–C) groups is 1. The second-order valence-electron chi connectivity index (χ2n) is 4.48. The first-order valence-electron chi connectivity index (χ1n) is 6.20. The zero-order valence-electron chi connectivity index (χ0n) is 11.6. The summed E-state index contributed by atoms with van der Waals surface area (Å²) >= 11 is 1.74. The van der Waals surface area contributed by atoms with Crippen LogP contribution in [0.3, 0.4) is 0 Å². The molecule has 1 rings (SSSR count). The fourth-order valence-corrected chi connectivity index (χ4v) is 2.26. The molecule has 0 amide bonds. The molecule has 1 aromatic rings. The third-order valence-corrected chi connectivity index (χ3v) is 3.11. The Hall–Kier alpha value is -0.300. The van der Waals surface area contributed by atoms with Crippen LogP contribution in [0.15, 0.2) is 21.8 Å². The molecule has 3 nitrogen and oxygen atoms in total. The molecular formula is C13H24IN3S. The molecule has 104 valence electrons. The van der Waals surface area contributed by atoms with Crippen molar-refractivity contribution in [3.63, 3.8) is 0 Å². The molecule has 0 aliphatic rings. The first-order valence-corrected chi connectivity index (χ1v) is 7.14. The van der Waals surface area contributed by atoms with Crippen LogP contribution in [0.25, 0.3) is 0 Å². The van der Waals surface area contributed by atoms with E-state index in [2.05, 4.69) is 60.1 Å². The second kappa shape index (κ2) is 9.61. The largest absolute Gasteiger partial charge is 0.357 e. The van der Waals surface area contributed by atoms with E-state index in [9.17, 15) is 0 Å². The van der Waals surface area contributed by atoms with Crippen LogP contribution in [0.2, 0.25) is 0 Å². The lowest BCUT2D eigenvalue weighted by Gasteiger charge is -2.15. The van der Waals surface area contributed by atoms with Crippen molar-refractivity contribution in [1.29, 1.82) is 0 Å². The zero-order chi connectivity index (χ0) is 12.7. The lowest BCUT2D eigenvalue weighted by Crippen LogP contribution is -2.41. The topological polar surface area (TPSA) is 36.4 Å². The van der Waals surface area contributed by atoms with Crippen LogP contribution in [-0.2, 0) is 0 Å². The van der Waals surface area contributed by atoms with Gasteiger partial charge in [-0.3, -0.25) is 4.99 Å². The highest BCUT2D eigenvalue weighted by atomic mass is 127. The summed E-state index contributed by atoms with van der Waals surface area (Å²) in [5.41, 5.74) is 1.37. The molecule has 2 N–H and O–H groups in total. The summed E-state index contributed by atoms with van der Waals surface area (Å²) in [5, 5.41) is 10.9. The van der Waals surface area contributed by atoms with Gasteiger partial charge in [0.15, 0.2) is 5.96 Å². The van der Waals surface area contributed by atoms with Gasteiger partial charge in [-0.25, -0.2) is 0 Å². The van der Waals surface area contributed by atoms with E-state index in [0.717, 1.165) is 19.0 Å². The SMILES string of the molecule is CCNC(=NCC(C)c1ccsc1)NC(C)C.I. The van der Waals surface area contributed by atoms with Gasteiger partial charge < -0.3 is 10.6 Å². The van der Waals surface area contributed by atoms with Crippen LogP contribution in [0, 0.1) is 0 Å². The molecule has 5 heteroatoms. The van der Waals surface area contributed by atoms with Crippen molar-refractivity contribution in [1.82, 2.24) is 10.6 Å². The van der Waals surface area contributed by atoms with Gasteiger partial charge in [0.25, 0.3) is 0 Å². The zero-order valence-corrected chi connectivity index (χ0v) is 14.7. The summed E-state index contributed by atoms with van der Waals surface area (Å²) in [6, 6.07) is 2.58. The molecule has 0 spiro atoms. The second-order valence-corrected chi connectivity index (χ2v) is 5.26. The van der Waals surface area contributed by atoms with E-state index >= 15 is 0 Å². The van der Waals surface area contributed by atoms with Crippen molar-refractivity contribution < 1.29 is 0 Å². The van der Waals surface area contributed by atoms with Crippen molar-refractivity contribution in [2.24, 2.45) is 4.99 Å². The van der Waals surface area contributed by atoms with E-state index < -0.39 is 0 Å². The fraction of sp³-hybridized carbons (Fsp3) is 0.615. The number of nitrogens with zero attached hydrogens (tertiary/aromatic N) is 1. The van der Waals surface area contributed by atoms with E-state index in [-0.39, 0.29) is 24.0 Å². The third-order valence-electron chi connectivity index (χ3n) is 2.41. The highest BCUT2D eigenvalue weighted by Crippen LogP contribution is 2.18. The van der Waals surface area contributed by atoms with Crippen LogP contribution in [-0.4, -0.2) is 25.1 Å². The van der Waals surface area contributed by atoms with E-state index in [1.54, 1.807) is 11.3 Å². The Labute approximate surface area is 131 Å². The normalized spacial score (nSPS) is 13.1. The number of hydrogen-bond acceptors (Lipinski definition) is 2. The van der Waals surface area contributed by atoms with Crippen molar-refractivity contribution >= 4 is 41.3 Å². The van der Waals surface area contributed by atoms with E-state index in [4.69, 9.17) is 0 Å². The molecule has 1 heterocycles. The summed E-state index contributed by atoms with van der Waals surface area (Å²) in [5.74, 6) is 1.38. The molecule has 0 bridgehead atoms. The highest BCUT2D eigenvalue weighted by Gasteiger charge is 2.06. The van der Waals surface area contributed by atoms with Crippen molar-refractivity contribution in [3.05, 3.63) is 22.4 Å². The molecule has 0 saturated carbocycles. The summed E-state index contributed by atoms with van der Waals surface area (Å²) < 4.78 is 0. The summed E-state index contributed by atoms with van der Waals surface area (Å²) in [6.07, 6.45) is 0. The molecule has 0 aliphatic carbocycles. The molecule has 0 aromatic carbocycles. The fourth-order valence-electron chi connectivity index (χ4n) is 1.48. The Balaban J connectivity index is 0.00000289. The summed E-state index contributed by atoms with van der Waals surface area (Å²) in [6.45, 7) is 10.2. The minimum absolute atomic E-state index is 0. The Bertz CT molecular complexity index is 336. The van der Waals surface area contributed by atoms with Gasteiger partial charge in [-0.2, -0.15) is 11.3 Å². The lowest BCUT2D eigenvalue weighted by atomic mass is 10.1. The molecule has 0 aliphatic heterocycles. The number of thiophene rings is 1. The maximum absolute atomic E-state index is 4.61. The number of guanidine groups is 1. The highest BCUT2D eigenvalue weighted by molar-refractivity contribution is 14.0. The number of nitrogens with one attached hydrogen (secondary N) is 2. The third kappa shape index (κ3) is 6.58. The monoisotopic (exact) mass is 381 g/mol. The van der Waals surface area contributed by atoms with E-state index in [0.29, 0.717) is 12.0 Å². The first-order chi connectivity index (χ1) is 8.13. The average molecular weight is 381 g/mol. The molecule has 1 aromatic heterocycles. The van der Waals surface area contributed by atoms with Crippen LogP contribution in [0.1, 0.15) is 39.2 Å². The van der Waals surface area contributed by atoms with Crippen molar-refractivity contribution in [2.45, 2.75) is 39.7 Å². The van der Waals surface area contributed by atoms with Crippen molar-refractivity contribution in [2.75, 3.05) is 13.1 Å². The molecule has 0 radical (unpaired) electrons.